The van der Waals surface area contributed by atoms with Gasteiger partial charge in [-0.3, -0.25) is 4.79 Å². The van der Waals surface area contributed by atoms with Crippen molar-refractivity contribution < 1.29 is 9.53 Å². The minimum absolute atomic E-state index is 0.242. The number of nitrogens with zero attached hydrogens (tertiary/aromatic N) is 1. The van der Waals surface area contributed by atoms with E-state index >= 15 is 0 Å². The first-order valence-electron chi connectivity index (χ1n) is 5.45. The normalized spacial score (nSPS) is 10.9. The lowest BCUT2D eigenvalue weighted by Crippen LogP contribution is -2.17. The van der Waals surface area contributed by atoms with Crippen LogP contribution in [0.2, 0.25) is 0 Å². The van der Waals surface area contributed by atoms with Gasteiger partial charge >= 0.3 is 0 Å². The summed E-state index contributed by atoms with van der Waals surface area (Å²) in [6.07, 6.45) is 5.08. The summed E-state index contributed by atoms with van der Waals surface area (Å²) in [7, 11) is 0. The van der Waals surface area contributed by atoms with E-state index in [0.29, 0.717) is 12.2 Å². The molecule has 4 nitrogen and oxygen atoms in total. The number of ether oxygens (including phenoxy) is 1. The maximum Gasteiger partial charge on any atom is 0.271 e. The zero-order chi connectivity index (χ0) is 12.5. The minimum atomic E-state index is -0.242. The molecule has 0 bridgehead atoms. The molecule has 17 heavy (non-hydrogen) atoms. The number of carbonyl (C=O) groups excluding carboxylic acids is 1. The van der Waals surface area contributed by atoms with E-state index in [2.05, 4.69) is 10.5 Å². The van der Waals surface area contributed by atoms with Crippen LogP contribution in [-0.2, 0) is 0 Å². The molecule has 0 unspecified atom stereocenters. The molecule has 1 N–H and O–H groups in total. The summed E-state index contributed by atoms with van der Waals surface area (Å²) in [5.41, 5.74) is 2.97. The summed E-state index contributed by atoms with van der Waals surface area (Å²) in [4.78, 5) is 11.6. The molecular weight excluding hydrogens is 216 g/mol. The Balaban J connectivity index is 2.57. The molecule has 1 rings (SSSR count). The maximum absolute atomic E-state index is 11.6. The van der Waals surface area contributed by atoms with E-state index in [9.17, 15) is 4.79 Å². The highest BCUT2D eigenvalue weighted by molar-refractivity contribution is 5.94. The van der Waals surface area contributed by atoms with Gasteiger partial charge < -0.3 is 4.74 Å². The summed E-state index contributed by atoms with van der Waals surface area (Å²) < 4.78 is 5.28. The molecule has 0 heterocycles. The van der Waals surface area contributed by atoms with Gasteiger partial charge in [-0.2, -0.15) is 5.10 Å². The molecule has 0 spiro atoms. The van der Waals surface area contributed by atoms with Gasteiger partial charge in [-0.1, -0.05) is 6.08 Å². The highest BCUT2D eigenvalue weighted by atomic mass is 16.5. The molecule has 0 radical (unpaired) electrons. The van der Waals surface area contributed by atoms with E-state index < -0.39 is 0 Å². The maximum atomic E-state index is 11.6. The second-order valence-corrected chi connectivity index (χ2v) is 3.20. The number of carbonyl (C=O) groups is 1. The number of allylic oxidation sites excluding steroid dienone is 2. The van der Waals surface area contributed by atoms with Gasteiger partial charge in [0.2, 0.25) is 0 Å². The Labute approximate surface area is 101 Å². The summed E-state index contributed by atoms with van der Waals surface area (Å²) in [5.74, 6) is 0.510. The molecular formula is C13H16N2O2. The number of hydrogen-bond acceptors (Lipinski definition) is 3. The monoisotopic (exact) mass is 232 g/mol. The average Bonchev–Trinajstić information content (AvgIpc) is 2.36. The van der Waals surface area contributed by atoms with Gasteiger partial charge in [0.1, 0.15) is 5.75 Å². The summed E-state index contributed by atoms with van der Waals surface area (Å²) in [6.45, 7) is 4.40. The topological polar surface area (TPSA) is 50.7 Å². The van der Waals surface area contributed by atoms with E-state index in [4.69, 9.17) is 4.74 Å². The van der Waals surface area contributed by atoms with Crippen LogP contribution in [0.25, 0.3) is 0 Å². The van der Waals surface area contributed by atoms with Crippen molar-refractivity contribution in [2.24, 2.45) is 5.10 Å². The van der Waals surface area contributed by atoms with E-state index in [1.54, 1.807) is 30.3 Å². The quantitative estimate of drug-likeness (QED) is 0.626. The van der Waals surface area contributed by atoms with Crippen LogP contribution in [-0.4, -0.2) is 18.7 Å². The van der Waals surface area contributed by atoms with Crippen LogP contribution in [0.1, 0.15) is 24.2 Å². The fraction of sp³-hybridized carbons (Fsp3) is 0.231. The second-order valence-electron chi connectivity index (χ2n) is 3.20. The number of rotatable bonds is 5. The third-order valence-electron chi connectivity index (χ3n) is 1.95. The van der Waals surface area contributed by atoms with Crippen LogP contribution in [0.3, 0.4) is 0 Å². The van der Waals surface area contributed by atoms with Crippen LogP contribution in [0.15, 0.2) is 41.5 Å². The number of amides is 1. The zero-order valence-electron chi connectivity index (χ0n) is 10.0. The zero-order valence-corrected chi connectivity index (χ0v) is 10.0. The number of nitrogens with one attached hydrogen (secondary N) is 1. The van der Waals surface area contributed by atoms with Crippen molar-refractivity contribution in [3.8, 4) is 5.75 Å². The molecule has 0 aliphatic carbocycles. The SMILES string of the molecule is CC=CC=NNC(=O)c1ccc(OCC)cc1. The van der Waals surface area contributed by atoms with Crippen LogP contribution in [0, 0.1) is 0 Å². The van der Waals surface area contributed by atoms with Gasteiger partial charge in [-0.15, -0.1) is 0 Å². The molecule has 0 aromatic heterocycles. The Morgan fingerprint density at radius 1 is 1.41 bits per heavy atom. The Morgan fingerprint density at radius 3 is 2.71 bits per heavy atom. The van der Waals surface area contributed by atoms with Gasteiger partial charge in [-0.05, 0) is 44.2 Å². The van der Waals surface area contributed by atoms with Crippen molar-refractivity contribution in [1.82, 2.24) is 5.43 Å². The smallest absolute Gasteiger partial charge is 0.271 e. The Kier molecular flexibility index (Phi) is 5.51. The van der Waals surface area contributed by atoms with E-state index in [1.807, 2.05) is 19.9 Å². The highest BCUT2D eigenvalue weighted by Crippen LogP contribution is 2.11. The molecule has 0 atom stereocenters. The lowest BCUT2D eigenvalue weighted by molar-refractivity contribution is 0.0955. The number of hydrogen-bond donors (Lipinski definition) is 1. The summed E-state index contributed by atoms with van der Waals surface area (Å²) in [5, 5.41) is 3.75. The van der Waals surface area contributed by atoms with Crippen LogP contribution < -0.4 is 10.2 Å². The molecule has 90 valence electrons. The van der Waals surface area contributed by atoms with Gasteiger partial charge in [-0.25, -0.2) is 5.43 Å². The number of hydrazone groups is 1. The molecule has 0 aliphatic heterocycles. The highest BCUT2D eigenvalue weighted by Gasteiger charge is 2.03. The standard InChI is InChI=1S/C13H16N2O2/c1-3-5-10-14-15-13(16)11-6-8-12(9-7-11)17-4-2/h3,5-10H,4H2,1-2H3,(H,15,16). The molecule has 1 amide bonds. The van der Waals surface area contributed by atoms with Crippen molar-refractivity contribution in [3.63, 3.8) is 0 Å². The van der Waals surface area contributed by atoms with Crippen molar-refractivity contribution in [1.29, 1.82) is 0 Å². The first kappa shape index (κ1) is 13.0. The Morgan fingerprint density at radius 2 is 2.12 bits per heavy atom. The van der Waals surface area contributed by atoms with Crippen molar-refractivity contribution >= 4 is 12.1 Å². The lowest BCUT2D eigenvalue weighted by atomic mass is 10.2. The molecule has 0 fully saturated rings. The van der Waals surface area contributed by atoms with Crippen molar-refractivity contribution in [2.75, 3.05) is 6.61 Å². The van der Waals surface area contributed by atoms with Crippen LogP contribution in [0.4, 0.5) is 0 Å². The summed E-state index contributed by atoms with van der Waals surface area (Å²) in [6, 6.07) is 6.92. The second kappa shape index (κ2) is 7.22. The van der Waals surface area contributed by atoms with Crippen LogP contribution in [0.5, 0.6) is 5.75 Å². The third kappa shape index (κ3) is 4.51. The van der Waals surface area contributed by atoms with Crippen molar-refractivity contribution in [2.45, 2.75) is 13.8 Å². The summed E-state index contributed by atoms with van der Waals surface area (Å²) >= 11 is 0. The number of benzene rings is 1. The third-order valence-corrected chi connectivity index (χ3v) is 1.95. The molecule has 0 saturated heterocycles. The van der Waals surface area contributed by atoms with E-state index in [0.717, 1.165) is 5.75 Å². The Bertz CT molecular complexity index is 408. The van der Waals surface area contributed by atoms with E-state index in [-0.39, 0.29) is 5.91 Å². The molecule has 0 saturated carbocycles. The molecule has 1 aromatic rings. The fourth-order valence-corrected chi connectivity index (χ4v) is 1.16. The first-order valence-corrected chi connectivity index (χ1v) is 5.45. The molecule has 1 aromatic carbocycles. The first-order chi connectivity index (χ1) is 8.27. The predicted octanol–water partition coefficient (Wildman–Crippen LogP) is 2.38. The van der Waals surface area contributed by atoms with Crippen LogP contribution >= 0.6 is 0 Å². The van der Waals surface area contributed by atoms with E-state index in [1.165, 1.54) is 6.21 Å². The van der Waals surface area contributed by atoms with Gasteiger partial charge in [0.05, 0.1) is 6.61 Å². The van der Waals surface area contributed by atoms with Gasteiger partial charge in [0, 0.05) is 11.8 Å². The molecule has 0 aliphatic rings. The lowest BCUT2D eigenvalue weighted by Gasteiger charge is -2.03. The largest absolute Gasteiger partial charge is 0.494 e. The molecule has 4 heteroatoms. The van der Waals surface area contributed by atoms with Gasteiger partial charge in [0.25, 0.3) is 5.91 Å². The Hall–Kier alpha value is -2.10. The fourth-order valence-electron chi connectivity index (χ4n) is 1.16. The average molecular weight is 232 g/mol. The predicted molar refractivity (Wildman–Crippen MR) is 68.4 cm³/mol. The van der Waals surface area contributed by atoms with Gasteiger partial charge in [0.15, 0.2) is 0 Å². The van der Waals surface area contributed by atoms with Crippen molar-refractivity contribution in [3.05, 3.63) is 42.0 Å². The minimum Gasteiger partial charge on any atom is -0.494 e.